The molecule has 0 atom stereocenters. The summed E-state index contributed by atoms with van der Waals surface area (Å²) in [4.78, 5) is 0. The molecule has 5 rings (SSSR count). The smallest absolute Gasteiger partial charge is 0.161 e. The molecule has 96 valence electrons. The molecular weight excluding hydrogens is 224 g/mol. The van der Waals surface area contributed by atoms with E-state index in [-0.39, 0.29) is 5.75 Å². The molecule has 4 saturated carbocycles. The summed E-state index contributed by atoms with van der Waals surface area (Å²) in [5, 5.41) is 9.84. The maximum absolute atomic E-state index is 9.84. The summed E-state index contributed by atoms with van der Waals surface area (Å²) in [5.41, 5.74) is 0. The van der Waals surface area contributed by atoms with Gasteiger partial charge in [-0.15, -0.1) is 0 Å². The predicted molar refractivity (Wildman–Crippen MR) is 69.6 cm³/mol. The summed E-state index contributed by atoms with van der Waals surface area (Å²) in [6.45, 7) is 0. The minimum Gasteiger partial charge on any atom is -0.504 e. The number of phenols is 1. The summed E-state index contributed by atoms with van der Waals surface area (Å²) in [7, 11) is 0. The van der Waals surface area contributed by atoms with Crippen LogP contribution in [-0.2, 0) is 0 Å². The van der Waals surface area contributed by atoms with Gasteiger partial charge in [0.25, 0.3) is 0 Å². The summed E-state index contributed by atoms with van der Waals surface area (Å²) in [5.74, 6) is 4.37. The fourth-order valence-corrected chi connectivity index (χ4v) is 4.77. The highest BCUT2D eigenvalue weighted by Gasteiger charge is 2.49. The SMILES string of the molecule is Oc1ccccc1OC1C2CC3CC(C2)CC1C3. The molecule has 0 heterocycles. The summed E-state index contributed by atoms with van der Waals surface area (Å²) in [6, 6.07) is 7.38. The maximum Gasteiger partial charge on any atom is 0.161 e. The zero-order valence-electron chi connectivity index (χ0n) is 10.6. The number of rotatable bonds is 2. The Labute approximate surface area is 108 Å². The highest BCUT2D eigenvalue weighted by Crippen LogP contribution is 2.54. The second kappa shape index (κ2) is 3.91. The fourth-order valence-electron chi connectivity index (χ4n) is 4.77. The Morgan fingerprint density at radius 1 is 0.889 bits per heavy atom. The quantitative estimate of drug-likeness (QED) is 0.861. The van der Waals surface area contributed by atoms with Crippen molar-refractivity contribution in [1.82, 2.24) is 0 Å². The Morgan fingerprint density at radius 2 is 1.50 bits per heavy atom. The van der Waals surface area contributed by atoms with Gasteiger partial charge in [-0.25, -0.2) is 0 Å². The van der Waals surface area contributed by atoms with Gasteiger partial charge in [0.1, 0.15) is 6.10 Å². The second-order valence-corrected chi connectivity index (χ2v) is 6.48. The van der Waals surface area contributed by atoms with Crippen LogP contribution in [0.3, 0.4) is 0 Å². The summed E-state index contributed by atoms with van der Waals surface area (Å²) >= 11 is 0. The number of ether oxygens (including phenoxy) is 1. The molecule has 0 aromatic heterocycles. The van der Waals surface area contributed by atoms with E-state index < -0.39 is 0 Å². The number of hydrogen-bond acceptors (Lipinski definition) is 2. The first-order chi connectivity index (χ1) is 8.79. The van der Waals surface area contributed by atoms with Crippen LogP contribution in [0.15, 0.2) is 24.3 Å². The lowest BCUT2D eigenvalue weighted by Crippen LogP contribution is -2.50. The van der Waals surface area contributed by atoms with Crippen molar-refractivity contribution in [3.05, 3.63) is 24.3 Å². The highest BCUT2D eigenvalue weighted by atomic mass is 16.5. The Bertz CT molecular complexity index is 426. The lowest BCUT2D eigenvalue weighted by atomic mass is 9.55. The van der Waals surface area contributed by atoms with Gasteiger partial charge in [-0.3, -0.25) is 0 Å². The predicted octanol–water partition coefficient (Wildman–Crippen LogP) is 3.60. The van der Waals surface area contributed by atoms with Crippen molar-refractivity contribution >= 4 is 0 Å². The van der Waals surface area contributed by atoms with Gasteiger partial charge in [0.05, 0.1) is 0 Å². The highest BCUT2D eigenvalue weighted by molar-refractivity contribution is 5.38. The molecule has 4 bridgehead atoms. The molecule has 0 unspecified atom stereocenters. The van der Waals surface area contributed by atoms with Crippen LogP contribution in [0.1, 0.15) is 32.1 Å². The van der Waals surface area contributed by atoms with E-state index in [0.29, 0.717) is 11.9 Å². The first-order valence-electron chi connectivity index (χ1n) is 7.24. The van der Waals surface area contributed by atoms with Gasteiger partial charge in [-0.1, -0.05) is 12.1 Å². The molecule has 1 N–H and O–H groups in total. The molecule has 4 fully saturated rings. The van der Waals surface area contributed by atoms with Gasteiger partial charge in [-0.2, -0.15) is 0 Å². The van der Waals surface area contributed by atoms with E-state index in [2.05, 4.69) is 0 Å². The Balaban J connectivity index is 1.57. The van der Waals surface area contributed by atoms with Crippen LogP contribution < -0.4 is 4.74 Å². The van der Waals surface area contributed by atoms with Crippen molar-refractivity contribution in [2.45, 2.75) is 38.2 Å². The molecule has 4 aliphatic carbocycles. The minimum absolute atomic E-state index is 0.284. The fraction of sp³-hybridized carbons (Fsp3) is 0.625. The zero-order valence-corrected chi connectivity index (χ0v) is 10.6. The van der Waals surface area contributed by atoms with E-state index in [1.165, 1.54) is 32.1 Å². The van der Waals surface area contributed by atoms with Crippen molar-refractivity contribution in [3.63, 3.8) is 0 Å². The molecular formula is C16H20O2. The molecule has 0 saturated heterocycles. The van der Waals surface area contributed by atoms with Crippen LogP contribution in [-0.4, -0.2) is 11.2 Å². The standard InChI is InChI=1S/C16H20O2/c17-14-3-1-2-4-15(14)18-16-12-6-10-5-11(8-12)9-13(16)7-10/h1-4,10-13,16-17H,5-9H2. The topological polar surface area (TPSA) is 29.5 Å². The lowest BCUT2D eigenvalue weighted by Gasteiger charge is -2.53. The number of para-hydroxylation sites is 2. The molecule has 0 amide bonds. The van der Waals surface area contributed by atoms with Gasteiger partial charge in [0.15, 0.2) is 11.5 Å². The van der Waals surface area contributed by atoms with E-state index in [0.717, 1.165) is 23.7 Å². The van der Waals surface area contributed by atoms with E-state index in [9.17, 15) is 5.11 Å². The molecule has 0 spiro atoms. The Kier molecular flexibility index (Phi) is 2.33. The zero-order chi connectivity index (χ0) is 12.1. The molecule has 1 aromatic rings. The van der Waals surface area contributed by atoms with Gasteiger partial charge in [-0.05, 0) is 67.9 Å². The number of aromatic hydroxyl groups is 1. The summed E-state index contributed by atoms with van der Waals surface area (Å²) < 4.78 is 6.17. The molecule has 1 aromatic carbocycles. The first-order valence-corrected chi connectivity index (χ1v) is 7.24. The third kappa shape index (κ3) is 1.62. The van der Waals surface area contributed by atoms with Crippen LogP contribution >= 0.6 is 0 Å². The van der Waals surface area contributed by atoms with E-state index in [1.54, 1.807) is 6.07 Å². The van der Waals surface area contributed by atoms with Crippen LogP contribution in [0.2, 0.25) is 0 Å². The van der Waals surface area contributed by atoms with E-state index in [1.807, 2.05) is 18.2 Å². The molecule has 2 nitrogen and oxygen atoms in total. The van der Waals surface area contributed by atoms with E-state index >= 15 is 0 Å². The van der Waals surface area contributed by atoms with Crippen LogP contribution in [0.25, 0.3) is 0 Å². The summed E-state index contributed by atoms with van der Waals surface area (Å²) in [6.07, 6.45) is 7.23. The van der Waals surface area contributed by atoms with Gasteiger partial charge in [0, 0.05) is 0 Å². The maximum atomic E-state index is 9.84. The third-order valence-corrected chi connectivity index (χ3v) is 5.27. The largest absolute Gasteiger partial charge is 0.504 e. The third-order valence-electron chi connectivity index (χ3n) is 5.27. The number of hydrogen-bond donors (Lipinski definition) is 1. The minimum atomic E-state index is 0.284. The van der Waals surface area contributed by atoms with Gasteiger partial charge >= 0.3 is 0 Å². The Morgan fingerprint density at radius 3 is 2.11 bits per heavy atom. The molecule has 0 radical (unpaired) electrons. The molecule has 0 aliphatic heterocycles. The molecule has 18 heavy (non-hydrogen) atoms. The monoisotopic (exact) mass is 244 g/mol. The van der Waals surface area contributed by atoms with Crippen molar-refractivity contribution in [3.8, 4) is 11.5 Å². The van der Waals surface area contributed by atoms with Crippen LogP contribution in [0, 0.1) is 23.7 Å². The average Bonchev–Trinajstić information content (AvgIpc) is 2.35. The van der Waals surface area contributed by atoms with Crippen LogP contribution in [0.5, 0.6) is 11.5 Å². The second-order valence-electron chi connectivity index (χ2n) is 6.48. The van der Waals surface area contributed by atoms with Gasteiger partial charge < -0.3 is 9.84 Å². The normalized spacial score (nSPS) is 41.0. The van der Waals surface area contributed by atoms with Crippen molar-refractivity contribution < 1.29 is 9.84 Å². The molecule has 2 heteroatoms. The van der Waals surface area contributed by atoms with Crippen LogP contribution in [0.4, 0.5) is 0 Å². The Hall–Kier alpha value is -1.18. The molecule has 4 aliphatic rings. The van der Waals surface area contributed by atoms with E-state index in [4.69, 9.17) is 4.74 Å². The lowest BCUT2D eigenvalue weighted by molar-refractivity contribution is -0.0795. The number of phenolic OH excluding ortho intramolecular Hbond substituents is 1. The number of benzene rings is 1. The van der Waals surface area contributed by atoms with Crippen molar-refractivity contribution in [2.75, 3.05) is 0 Å². The van der Waals surface area contributed by atoms with Crippen molar-refractivity contribution in [1.29, 1.82) is 0 Å². The average molecular weight is 244 g/mol. The first kappa shape index (κ1) is 10.7. The van der Waals surface area contributed by atoms with Crippen molar-refractivity contribution in [2.24, 2.45) is 23.7 Å². The van der Waals surface area contributed by atoms with Gasteiger partial charge in [0.2, 0.25) is 0 Å².